The largest absolute Gasteiger partial charge is 0.481 e. The second-order valence-corrected chi connectivity index (χ2v) is 4.20. The number of carbonyl (C=O) groups is 3. The van der Waals surface area contributed by atoms with Crippen LogP contribution in [-0.2, 0) is 16.0 Å². The summed E-state index contributed by atoms with van der Waals surface area (Å²) in [5, 5.41) is 25.6. The average Bonchev–Trinajstić information content (AvgIpc) is 2.79. The third-order valence-corrected chi connectivity index (χ3v) is 2.45. The first-order valence-corrected chi connectivity index (χ1v) is 6.16. The summed E-state index contributed by atoms with van der Waals surface area (Å²) in [4.78, 5) is 36.7. The van der Waals surface area contributed by atoms with Crippen molar-refractivity contribution in [3.05, 3.63) is 11.7 Å². The van der Waals surface area contributed by atoms with Gasteiger partial charge >= 0.3 is 18.0 Å². The standard InChI is InChI=1S/C11H16N4O6/c1-6-13-8(15-21-6)4-5-12-11(20)14-7(10(18)19)2-3-9(16)17/h7H,2-5H2,1H3,(H,16,17)(H,18,19)(H2,12,14,20). The molecule has 0 aliphatic rings. The van der Waals surface area contributed by atoms with Crippen LogP contribution in [0.4, 0.5) is 4.79 Å². The van der Waals surface area contributed by atoms with Gasteiger partial charge in [0.2, 0.25) is 5.89 Å². The van der Waals surface area contributed by atoms with E-state index in [0.29, 0.717) is 18.1 Å². The van der Waals surface area contributed by atoms with Crippen LogP contribution in [0.15, 0.2) is 4.52 Å². The molecule has 0 saturated heterocycles. The van der Waals surface area contributed by atoms with Gasteiger partial charge in [0.15, 0.2) is 5.82 Å². The van der Waals surface area contributed by atoms with Gasteiger partial charge < -0.3 is 25.4 Å². The van der Waals surface area contributed by atoms with Crippen molar-refractivity contribution in [2.75, 3.05) is 6.54 Å². The van der Waals surface area contributed by atoms with Crippen LogP contribution in [0.1, 0.15) is 24.6 Å². The second-order valence-electron chi connectivity index (χ2n) is 4.20. The number of nitrogens with one attached hydrogen (secondary N) is 2. The molecule has 0 spiro atoms. The van der Waals surface area contributed by atoms with Crippen molar-refractivity contribution in [2.45, 2.75) is 32.2 Å². The van der Waals surface area contributed by atoms with E-state index in [1.807, 2.05) is 0 Å². The molecular formula is C11H16N4O6. The van der Waals surface area contributed by atoms with E-state index in [1.54, 1.807) is 6.92 Å². The molecule has 116 valence electrons. The van der Waals surface area contributed by atoms with Gasteiger partial charge in [-0.2, -0.15) is 4.98 Å². The quantitative estimate of drug-likeness (QED) is 0.502. The molecule has 1 atom stereocenters. The normalized spacial score (nSPS) is 11.7. The van der Waals surface area contributed by atoms with Gasteiger partial charge in [-0.3, -0.25) is 4.79 Å². The van der Waals surface area contributed by atoms with Crippen molar-refractivity contribution in [3.63, 3.8) is 0 Å². The lowest BCUT2D eigenvalue weighted by Gasteiger charge is -2.13. The van der Waals surface area contributed by atoms with Crippen molar-refractivity contribution < 1.29 is 29.1 Å². The van der Waals surface area contributed by atoms with Crippen molar-refractivity contribution >= 4 is 18.0 Å². The number of aromatic nitrogens is 2. The fourth-order valence-corrected chi connectivity index (χ4v) is 1.47. The van der Waals surface area contributed by atoms with Crippen LogP contribution in [0.2, 0.25) is 0 Å². The van der Waals surface area contributed by atoms with E-state index in [-0.39, 0.29) is 19.4 Å². The van der Waals surface area contributed by atoms with Crippen LogP contribution >= 0.6 is 0 Å². The monoisotopic (exact) mass is 300 g/mol. The highest BCUT2D eigenvalue weighted by Gasteiger charge is 2.20. The van der Waals surface area contributed by atoms with E-state index in [0.717, 1.165) is 0 Å². The number of carboxylic acids is 2. The molecular weight excluding hydrogens is 284 g/mol. The first-order chi connectivity index (χ1) is 9.88. The van der Waals surface area contributed by atoms with E-state index in [9.17, 15) is 14.4 Å². The third-order valence-electron chi connectivity index (χ3n) is 2.45. The molecule has 0 aliphatic carbocycles. The summed E-state index contributed by atoms with van der Waals surface area (Å²) in [5.74, 6) is -1.58. The number of aryl methyl sites for hydroxylation is 1. The summed E-state index contributed by atoms with van der Waals surface area (Å²) in [5.41, 5.74) is 0. The Morgan fingerprint density at radius 2 is 2.05 bits per heavy atom. The lowest BCUT2D eigenvalue weighted by atomic mass is 10.1. The Morgan fingerprint density at radius 3 is 2.57 bits per heavy atom. The molecule has 1 aromatic heterocycles. The molecule has 2 amide bonds. The maximum Gasteiger partial charge on any atom is 0.326 e. The van der Waals surface area contributed by atoms with Crippen molar-refractivity contribution in [2.24, 2.45) is 0 Å². The molecule has 1 rings (SSSR count). The molecule has 0 fully saturated rings. The number of urea groups is 1. The Hall–Kier alpha value is -2.65. The number of carboxylic acid groups (broad SMARTS) is 2. The van der Waals surface area contributed by atoms with Gasteiger partial charge in [0.25, 0.3) is 0 Å². The molecule has 0 aromatic carbocycles. The first kappa shape index (κ1) is 16.4. The van der Waals surface area contributed by atoms with Gasteiger partial charge in [0.05, 0.1) is 0 Å². The zero-order valence-electron chi connectivity index (χ0n) is 11.3. The van der Waals surface area contributed by atoms with Gasteiger partial charge in [-0.25, -0.2) is 9.59 Å². The van der Waals surface area contributed by atoms with E-state index in [4.69, 9.17) is 14.7 Å². The molecule has 21 heavy (non-hydrogen) atoms. The van der Waals surface area contributed by atoms with Gasteiger partial charge in [-0.05, 0) is 6.42 Å². The highest BCUT2D eigenvalue weighted by molar-refractivity contribution is 5.82. The lowest BCUT2D eigenvalue weighted by molar-refractivity contribution is -0.140. The Balaban J connectivity index is 2.32. The highest BCUT2D eigenvalue weighted by atomic mass is 16.5. The van der Waals surface area contributed by atoms with Crippen LogP contribution in [0.3, 0.4) is 0 Å². The smallest absolute Gasteiger partial charge is 0.326 e. The molecule has 1 unspecified atom stereocenters. The van der Waals surface area contributed by atoms with Crippen LogP contribution in [0.25, 0.3) is 0 Å². The Labute approximate surface area is 119 Å². The minimum Gasteiger partial charge on any atom is -0.481 e. The number of rotatable bonds is 8. The molecule has 10 heteroatoms. The predicted molar refractivity (Wildman–Crippen MR) is 67.6 cm³/mol. The van der Waals surface area contributed by atoms with E-state index >= 15 is 0 Å². The topological polar surface area (TPSA) is 155 Å². The van der Waals surface area contributed by atoms with Gasteiger partial charge in [0.1, 0.15) is 6.04 Å². The number of nitrogens with zero attached hydrogens (tertiary/aromatic N) is 2. The van der Waals surface area contributed by atoms with Crippen LogP contribution in [0, 0.1) is 6.92 Å². The predicted octanol–water partition coefficient (Wildman–Crippen LogP) is -0.462. The minimum atomic E-state index is -1.29. The highest BCUT2D eigenvalue weighted by Crippen LogP contribution is 1.98. The SMILES string of the molecule is Cc1nc(CCNC(=O)NC(CCC(=O)O)C(=O)O)no1. The zero-order chi connectivity index (χ0) is 15.8. The Morgan fingerprint density at radius 1 is 1.33 bits per heavy atom. The summed E-state index contributed by atoms with van der Waals surface area (Å²) in [6.45, 7) is 1.83. The molecule has 0 radical (unpaired) electrons. The van der Waals surface area contributed by atoms with Crippen LogP contribution in [-0.4, -0.2) is 50.9 Å². The van der Waals surface area contributed by atoms with Gasteiger partial charge in [-0.15, -0.1) is 0 Å². The number of hydrogen-bond acceptors (Lipinski definition) is 6. The molecule has 0 saturated carbocycles. The summed E-state index contributed by atoms with van der Waals surface area (Å²) >= 11 is 0. The number of aliphatic carboxylic acids is 2. The van der Waals surface area contributed by atoms with Crippen LogP contribution < -0.4 is 10.6 Å². The molecule has 0 aliphatic heterocycles. The molecule has 1 aromatic rings. The van der Waals surface area contributed by atoms with Crippen LogP contribution in [0.5, 0.6) is 0 Å². The Kier molecular flexibility index (Phi) is 6.11. The Bertz CT molecular complexity index is 515. The second kappa shape index (κ2) is 7.82. The average molecular weight is 300 g/mol. The fraction of sp³-hybridized carbons (Fsp3) is 0.545. The summed E-state index contributed by atoms with van der Waals surface area (Å²) in [7, 11) is 0. The lowest BCUT2D eigenvalue weighted by Crippen LogP contribution is -2.46. The number of carbonyl (C=O) groups excluding carboxylic acids is 1. The maximum atomic E-state index is 11.5. The third kappa shape index (κ3) is 6.36. The summed E-state index contributed by atoms with van der Waals surface area (Å²) in [6.07, 6.45) is -0.209. The van der Waals surface area contributed by atoms with E-state index in [1.165, 1.54) is 0 Å². The fourth-order valence-electron chi connectivity index (χ4n) is 1.47. The van der Waals surface area contributed by atoms with Gasteiger partial charge in [0, 0.05) is 26.3 Å². The first-order valence-electron chi connectivity index (χ1n) is 6.16. The van der Waals surface area contributed by atoms with Crippen molar-refractivity contribution in [1.82, 2.24) is 20.8 Å². The molecule has 0 bridgehead atoms. The van der Waals surface area contributed by atoms with E-state index in [2.05, 4.69) is 20.8 Å². The molecule has 1 heterocycles. The summed E-state index contributed by atoms with van der Waals surface area (Å²) < 4.78 is 4.75. The van der Waals surface area contributed by atoms with Crippen molar-refractivity contribution in [1.29, 1.82) is 0 Å². The van der Waals surface area contributed by atoms with E-state index < -0.39 is 24.0 Å². The number of hydrogen-bond donors (Lipinski definition) is 4. The molecule has 10 nitrogen and oxygen atoms in total. The maximum absolute atomic E-state index is 11.5. The van der Waals surface area contributed by atoms with Gasteiger partial charge in [-0.1, -0.05) is 5.16 Å². The summed E-state index contributed by atoms with van der Waals surface area (Å²) in [6, 6.07) is -1.96. The zero-order valence-corrected chi connectivity index (χ0v) is 11.3. The van der Waals surface area contributed by atoms with Crippen molar-refractivity contribution in [3.8, 4) is 0 Å². The minimum absolute atomic E-state index is 0.191. The number of amides is 2. The molecule has 4 N–H and O–H groups in total.